The number of carbonyl (C=O) groups is 1. The van der Waals surface area contributed by atoms with Crippen LogP contribution in [0.15, 0.2) is 35.9 Å². The Balaban J connectivity index is 1.40. The first-order valence-corrected chi connectivity index (χ1v) is 9.10. The molecule has 0 saturated carbocycles. The van der Waals surface area contributed by atoms with Crippen LogP contribution in [-0.4, -0.2) is 25.5 Å². The largest absolute Gasteiger partial charge is 0.371 e. The molecule has 0 aromatic heterocycles. The minimum Gasteiger partial charge on any atom is -0.371 e. The van der Waals surface area contributed by atoms with Crippen molar-refractivity contribution in [1.82, 2.24) is 5.32 Å². The Bertz CT molecular complexity index is 565. The number of hydrogen-bond donors (Lipinski definition) is 1. The van der Waals surface area contributed by atoms with E-state index in [4.69, 9.17) is 0 Å². The first kappa shape index (κ1) is 16.1. The average molecular weight is 312 g/mol. The number of rotatable bonds is 6. The summed E-state index contributed by atoms with van der Waals surface area (Å²) in [5, 5.41) is 3.09. The molecule has 3 rings (SSSR count). The van der Waals surface area contributed by atoms with E-state index in [1.165, 1.54) is 48.9 Å². The van der Waals surface area contributed by atoms with Crippen molar-refractivity contribution in [3.63, 3.8) is 0 Å². The quantitative estimate of drug-likeness (QED) is 0.810. The molecule has 0 unspecified atom stereocenters. The first-order chi connectivity index (χ1) is 11.3. The molecule has 0 spiro atoms. The molecule has 2 aliphatic rings. The average Bonchev–Trinajstić information content (AvgIpc) is 2.61. The number of fused-ring (bicyclic) bond motifs is 1. The van der Waals surface area contributed by atoms with Crippen LogP contribution in [0.5, 0.6) is 0 Å². The van der Waals surface area contributed by atoms with E-state index < -0.39 is 0 Å². The molecule has 3 nitrogen and oxygen atoms in total. The Hall–Kier alpha value is -1.77. The topological polar surface area (TPSA) is 32.3 Å². The van der Waals surface area contributed by atoms with Crippen LogP contribution in [0, 0.1) is 0 Å². The summed E-state index contributed by atoms with van der Waals surface area (Å²) < 4.78 is 0. The predicted molar refractivity (Wildman–Crippen MR) is 95.8 cm³/mol. The van der Waals surface area contributed by atoms with E-state index in [-0.39, 0.29) is 5.91 Å². The molecule has 0 radical (unpaired) electrons. The van der Waals surface area contributed by atoms with Crippen molar-refractivity contribution in [2.45, 2.75) is 51.4 Å². The van der Waals surface area contributed by atoms with E-state index in [2.05, 4.69) is 40.6 Å². The standard InChI is InChI=1S/C20H28N2O/c23-20(21-14-12-17-7-2-1-3-8-17)13-16-22-15-6-10-18-9-4-5-11-19(18)22/h4-5,7,9,11H,1-3,6,8,10,12-16H2,(H,21,23). The van der Waals surface area contributed by atoms with Crippen molar-refractivity contribution in [2.24, 2.45) is 0 Å². The molecule has 1 N–H and O–H groups in total. The maximum Gasteiger partial charge on any atom is 0.221 e. The van der Waals surface area contributed by atoms with Gasteiger partial charge in [-0.2, -0.15) is 0 Å². The summed E-state index contributed by atoms with van der Waals surface area (Å²) in [6.07, 6.45) is 11.4. The van der Waals surface area contributed by atoms with Gasteiger partial charge in [-0.25, -0.2) is 0 Å². The van der Waals surface area contributed by atoms with E-state index in [1.54, 1.807) is 0 Å². The Morgan fingerprint density at radius 3 is 2.91 bits per heavy atom. The summed E-state index contributed by atoms with van der Waals surface area (Å²) in [5.74, 6) is 0.185. The number of benzene rings is 1. The van der Waals surface area contributed by atoms with E-state index in [1.807, 2.05) is 0 Å². The number of nitrogens with one attached hydrogen (secondary N) is 1. The summed E-state index contributed by atoms with van der Waals surface area (Å²) in [6.45, 7) is 2.68. The van der Waals surface area contributed by atoms with Gasteiger partial charge >= 0.3 is 0 Å². The van der Waals surface area contributed by atoms with Gasteiger partial charge in [-0.05, 0) is 56.6 Å². The highest BCUT2D eigenvalue weighted by Gasteiger charge is 2.16. The highest BCUT2D eigenvalue weighted by Crippen LogP contribution is 2.26. The number of hydrogen-bond acceptors (Lipinski definition) is 2. The molecule has 1 aliphatic heterocycles. The zero-order valence-corrected chi connectivity index (χ0v) is 14.0. The van der Waals surface area contributed by atoms with Crippen LogP contribution in [0.3, 0.4) is 0 Å². The van der Waals surface area contributed by atoms with Gasteiger partial charge in [0.05, 0.1) is 0 Å². The van der Waals surface area contributed by atoms with Crippen LogP contribution >= 0.6 is 0 Å². The summed E-state index contributed by atoms with van der Waals surface area (Å²) in [7, 11) is 0. The maximum atomic E-state index is 12.1. The van der Waals surface area contributed by atoms with Crippen molar-refractivity contribution in [3.05, 3.63) is 41.5 Å². The van der Waals surface area contributed by atoms with E-state index >= 15 is 0 Å². The molecule has 1 aliphatic carbocycles. The fourth-order valence-electron chi connectivity index (χ4n) is 3.66. The van der Waals surface area contributed by atoms with Crippen LogP contribution < -0.4 is 10.2 Å². The van der Waals surface area contributed by atoms with Crippen LogP contribution in [0.1, 0.15) is 50.5 Å². The fraction of sp³-hybridized carbons (Fsp3) is 0.550. The lowest BCUT2D eigenvalue weighted by Gasteiger charge is -2.31. The lowest BCUT2D eigenvalue weighted by atomic mass is 9.97. The molecule has 3 heteroatoms. The summed E-state index contributed by atoms with van der Waals surface area (Å²) in [4.78, 5) is 14.4. The van der Waals surface area contributed by atoms with Crippen molar-refractivity contribution in [1.29, 1.82) is 0 Å². The predicted octanol–water partition coefficient (Wildman–Crippen LogP) is 3.84. The van der Waals surface area contributed by atoms with Gasteiger partial charge in [-0.3, -0.25) is 4.79 Å². The van der Waals surface area contributed by atoms with E-state index in [9.17, 15) is 4.79 Å². The summed E-state index contributed by atoms with van der Waals surface area (Å²) >= 11 is 0. The molecule has 1 aromatic carbocycles. The number of allylic oxidation sites excluding steroid dienone is 1. The minimum atomic E-state index is 0.185. The highest BCUT2D eigenvalue weighted by molar-refractivity contribution is 5.76. The third-order valence-electron chi connectivity index (χ3n) is 4.97. The zero-order chi connectivity index (χ0) is 15.9. The van der Waals surface area contributed by atoms with Gasteiger partial charge in [0.15, 0.2) is 0 Å². The lowest BCUT2D eigenvalue weighted by molar-refractivity contribution is -0.120. The molecule has 1 heterocycles. The van der Waals surface area contributed by atoms with Gasteiger partial charge < -0.3 is 10.2 Å². The Morgan fingerprint density at radius 2 is 2.04 bits per heavy atom. The van der Waals surface area contributed by atoms with Crippen molar-refractivity contribution < 1.29 is 4.79 Å². The lowest BCUT2D eigenvalue weighted by Crippen LogP contribution is -2.34. The molecule has 1 aromatic rings. The number of amides is 1. The third kappa shape index (κ3) is 4.60. The molecule has 0 fully saturated rings. The summed E-state index contributed by atoms with van der Waals surface area (Å²) in [6, 6.07) is 8.59. The van der Waals surface area contributed by atoms with Crippen LogP contribution in [0.2, 0.25) is 0 Å². The second-order valence-electron chi connectivity index (χ2n) is 6.68. The number of carbonyl (C=O) groups excluding carboxylic acids is 1. The maximum absolute atomic E-state index is 12.1. The van der Waals surface area contributed by atoms with Gasteiger partial charge in [-0.15, -0.1) is 0 Å². The highest BCUT2D eigenvalue weighted by atomic mass is 16.1. The number of para-hydroxylation sites is 1. The second-order valence-corrected chi connectivity index (χ2v) is 6.68. The van der Waals surface area contributed by atoms with Crippen LogP contribution in [0.4, 0.5) is 5.69 Å². The minimum absolute atomic E-state index is 0.185. The second kappa shape index (κ2) is 8.19. The summed E-state index contributed by atoms with van der Waals surface area (Å²) in [5.41, 5.74) is 4.27. The van der Waals surface area contributed by atoms with Gasteiger partial charge in [-0.1, -0.05) is 29.8 Å². The normalized spacial score (nSPS) is 17.4. The fourth-order valence-corrected chi connectivity index (χ4v) is 3.66. The van der Waals surface area contributed by atoms with E-state index in [0.717, 1.165) is 32.5 Å². The van der Waals surface area contributed by atoms with Gasteiger partial charge in [0.25, 0.3) is 0 Å². The molecule has 1 amide bonds. The molecule has 124 valence electrons. The van der Waals surface area contributed by atoms with Gasteiger partial charge in [0.1, 0.15) is 0 Å². The molecular formula is C20H28N2O. The Morgan fingerprint density at radius 1 is 1.13 bits per heavy atom. The molecule has 23 heavy (non-hydrogen) atoms. The molecule has 0 bridgehead atoms. The molecule has 0 saturated heterocycles. The molecular weight excluding hydrogens is 284 g/mol. The van der Waals surface area contributed by atoms with Crippen molar-refractivity contribution in [2.75, 3.05) is 24.5 Å². The first-order valence-electron chi connectivity index (χ1n) is 9.10. The SMILES string of the molecule is O=C(CCN1CCCc2ccccc21)NCCC1=CCCCC1. The van der Waals surface area contributed by atoms with E-state index in [0.29, 0.717) is 6.42 Å². The van der Waals surface area contributed by atoms with Crippen LogP contribution in [0.25, 0.3) is 0 Å². The van der Waals surface area contributed by atoms with Crippen molar-refractivity contribution in [3.8, 4) is 0 Å². The zero-order valence-electron chi connectivity index (χ0n) is 14.0. The van der Waals surface area contributed by atoms with Crippen LogP contribution in [-0.2, 0) is 11.2 Å². The van der Waals surface area contributed by atoms with Crippen molar-refractivity contribution >= 4 is 11.6 Å². The Labute approximate surface area is 139 Å². The number of aryl methyl sites for hydroxylation is 1. The third-order valence-corrected chi connectivity index (χ3v) is 4.97. The number of anilines is 1. The number of nitrogens with zero attached hydrogens (tertiary/aromatic N) is 1. The molecule has 0 atom stereocenters. The monoisotopic (exact) mass is 312 g/mol. The Kier molecular flexibility index (Phi) is 5.73. The van der Waals surface area contributed by atoms with Gasteiger partial charge in [0.2, 0.25) is 5.91 Å². The van der Waals surface area contributed by atoms with Gasteiger partial charge in [0, 0.05) is 31.7 Å². The smallest absolute Gasteiger partial charge is 0.221 e.